The molecule has 0 radical (unpaired) electrons. The van der Waals surface area contributed by atoms with Gasteiger partial charge in [0.15, 0.2) is 0 Å². The van der Waals surface area contributed by atoms with E-state index >= 15 is 0 Å². The summed E-state index contributed by atoms with van der Waals surface area (Å²) < 4.78 is 0. The number of nitrogen functional groups attached to an aromatic ring is 1. The van der Waals surface area contributed by atoms with Crippen LogP contribution >= 0.6 is 0 Å². The zero-order chi connectivity index (χ0) is 12.8. The van der Waals surface area contributed by atoms with Crippen LogP contribution in [0.3, 0.4) is 0 Å². The third-order valence-electron chi connectivity index (χ3n) is 2.73. The number of aliphatic hydroxyl groups excluding tert-OH is 1. The van der Waals surface area contributed by atoms with Crippen LogP contribution in [0.15, 0.2) is 0 Å². The van der Waals surface area contributed by atoms with Crippen molar-refractivity contribution in [1.29, 1.82) is 0 Å². The molecule has 17 heavy (non-hydrogen) atoms. The van der Waals surface area contributed by atoms with E-state index in [4.69, 9.17) is 10.8 Å². The Morgan fingerprint density at radius 1 is 1.29 bits per heavy atom. The van der Waals surface area contributed by atoms with Crippen molar-refractivity contribution < 1.29 is 5.11 Å². The smallest absolute Gasteiger partial charge is 0.137 e. The zero-order valence-electron chi connectivity index (χ0n) is 10.9. The van der Waals surface area contributed by atoms with Crippen molar-refractivity contribution >= 4 is 11.6 Å². The van der Waals surface area contributed by atoms with Crippen LogP contribution in [-0.2, 0) is 6.42 Å². The highest BCUT2D eigenvalue weighted by atomic mass is 16.3. The van der Waals surface area contributed by atoms with Crippen molar-refractivity contribution in [3.8, 4) is 0 Å². The second-order valence-electron chi connectivity index (χ2n) is 4.03. The average molecular weight is 238 g/mol. The van der Waals surface area contributed by atoms with Crippen LogP contribution in [0.1, 0.15) is 31.7 Å². The lowest BCUT2D eigenvalue weighted by Gasteiger charge is -2.23. The molecule has 5 nitrogen and oxygen atoms in total. The normalized spacial score (nSPS) is 10.6. The third kappa shape index (κ3) is 3.30. The molecule has 0 spiro atoms. The van der Waals surface area contributed by atoms with Gasteiger partial charge >= 0.3 is 0 Å². The van der Waals surface area contributed by atoms with Crippen molar-refractivity contribution in [3.05, 3.63) is 11.4 Å². The number of aromatic nitrogens is 2. The van der Waals surface area contributed by atoms with Crippen molar-refractivity contribution in [2.24, 2.45) is 0 Å². The lowest BCUT2D eigenvalue weighted by Crippen LogP contribution is -2.28. The van der Waals surface area contributed by atoms with Crippen molar-refractivity contribution in [1.82, 2.24) is 9.97 Å². The summed E-state index contributed by atoms with van der Waals surface area (Å²) in [7, 11) is 0. The first-order valence-electron chi connectivity index (χ1n) is 6.12. The summed E-state index contributed by atoms with van der Waals surface area (Å²) in [6.45, 7) is 7.51. The minimum atomic E-state index is 0.111. The number of anilines is 2. The number of nitrogens with zero attached hydrogens (tertiary/aromatic N) is 3. The topological polar surface area (TPSA) is 75.3 Å². The molecule has 1 aromatic heterocycles. The van der Waals surface area contributed by atoms with Crippen LogP contribution in [0, 0.1) is 6.92 Å². The molecule has 96 valence electrons. The highest BCUT2D eigenvalue weighted by Crippen LogP contribution is 2.21. The van der Waals surface area contributed by atoms with Crippen molar-refractivity contribution in [2.75, 3.05) is 30.3 Å². The van der Waals surface area contributed by atoms with E-state index in [0.29, 0.717) is 12.4 Å². The molecular formula is C12H22N4O. The molecule has 0 aliphatic rings. The fourth-order valence-corrected chi connectivity index (χ4v) is 1.75. The van der Waals surface area contributed by atoms with Gasteiger partial charge in [-0.1, -0.05) is 6.92 Å². The minimum absolute atomic E-state index is 0.111. The summed E-state index contributed by atoms with van der Waals surface area (Å²) in [5.41, 5.74) is 6.79. The zero-order valence-corrected chi connectivity index (χ0v) is 10.9. The predicted octanol–water partition coefficient (Wildman–Crippen LogP) is 1.14. The number of aliphatic hydroxyl groups is 1. The molecule has 0 aliphatic carbocycles. The van der Waals surface area contributed by atoms with E-state index in [-0.39, 0.29) is 6.61 Å². The first-order chi connectivity index (χ1) is 8.13. The van der Waals surface area contributed by atoms with Crippen LogP contribution in [0.5, 0.6) is 0 Å². The SMILES string of the molecule is CCCc1nc(N)c(C)c(N(CC)CCO)n1. The molecule has 0 bridgehead atoms. The minimum Gasteiger partial charge on any atom is -0.395 e. The van der Waals surface area contributed by atoms with Gasteiger partial charge in [-0.15, -0.1) is 0 Å². The summed E-state index contributed by atoms with van der Waals surface area (Å²) >= 11 is 0. The van der Waals surface area contributed by atoms with E-state index in [9.17, 15) is 0 Å². The first kappa shape index (κ1) is 13.7. The summed E-state index contributed by atoms with van der Waals surface area (Å²) in [4.78, 5) is 10.8. The quantitative estimate of drug-likeness (QED) is 0.777. The van der Waals surface area contributed by atoms with E-state index in [1.165, 1.54) is 0 Å². The second kappa shape index (κ2) is 6.39. The van der Waals surface area contributed by atoms with Gasteiger partial charge in [0.1, 0.15) is 17.5 Å². The fraction of sp³-hybridized carbons (Fsp3) is 0.667. The number of hydrogen-bond donors (Lipinski definition) is 2. The fourth-order valence-electron chi connectivity index (χ4n) is 1.75. The molecule has 0 fully saturated rings. The lowest BCUT2D eigenvalue weighted by molar-refractivity contribution is 0.302. The van der Waals surface area contributed by atoms with Gasteiger partial charge in [0.25, 0.3) is 0 Å². The lowest BCUT2D eigenvalue weighted by atomic mass is 10.2. The van der Waals surface area contributed by atoms with Crippen molar-refractivity contribution in [2.45, 2.75) is 33.6 Å². The van der Waals surface area contributed by atoms with E-state index in [2.05, 4.69) is 16.9 Å². The molecule has 3 N–H and O–H groups in total. The molecular weight excluding hydrogens is 216 g/mol. The van der Waals surface area contributed by atoms with E-state index in [1.807, 2.05) is 18.7 Å². The number of likely N-dealkylation sites (N-methyl/N-ethyl adjacent to an activating group) is 1. The van der Waals surface area contributed by atoms with Gasteiger partial charge in [0.05, 0.1) is 6.61 Å². The van der Waals surface area contributed by atoms with Crippen LogP contribution in [0.2, 0.25) is 0 Å². The Kier molecular flexibility index (Phi) is 5.15. The third-order valence-corrected chi connectivity index (χ3v) is 2.73. The molecule has 0 unspecified atom stereocenters. The van der Waals surface area contributed by atoms with Gasteiger partial charge in [0, 0.05) is 25.1 Å². The Morgan fingerprint density at radius 3 is 2.53 bits per heavy atom. The van der Waals surface area contributed by atoms with Crippen molar-refractivity contribution in [3.63, 3.8) is 0 Å². The van der Waals surface area contributed by atoms with Gasteiger partial charge in [-0.3, -0.25) is 0 Å². The molecule has 0 amide bonds. The highest BCUT2D eigenvalue weighted by molar-refractivity contribution is 5.56. The van der Waals surface area contributed by atoms with Gasteiger partial charge in [-0.05, 0) is 20.3 Å². The van der Waals surface area contributed by atoms with Crippen LogP contribution in [0.25, 0.3) is 0 Å². The second-order valence-corrected chi connectivity index (χ2v) is 4.03. The van der Waals surface area contributed by atoms with Crippen LogP contribution < -0.4 is 10.6 Å². The van der Waals surface area contributed by atoms with E-state index in [1.54, 1.807) is 0 Å². The van der Waals surface area contributed by atoms with E-state index < -0.39 is 0 Å². The Labute approximate surface area is 103 Å². The number of hydrogen-bond acceptors (Lipinski definition) is 5. The average Bonchev–Trinajstić information content (AvgIpc) is 2.31. The van der Waals surface area contributed by atoms with Gasteiger partial charge in [-0.25, -0.2) is 9.97 Å². The maximum absolute atomic E-state index is 9.05. The Hall–Kier alpha value is -1.36. The Bertz CT molecular complexity index is 368. The first-order valence-corrected chi connectivity index (χ1v) is 6.12. The van der Waals surface area contributed by atoms with Crippen LogP contribution in [-0.4, -0.2) is 34.8 Å². The largest absolute Gasteiger partial charge is 0.395 e. The number of nitrogens with two attached hydrogens (primary N) is 1. The molecule has 1 aromatic rings. The highest BCUT2D eigenvalue weighted by Gasteiger charge is 2.13. The predicted molar refractivity (Wildman–Crippen MR) is 70.1 cm³/mol. The van der Waals surface area contributed by atoms with E-state index in [0.717, 1.165) is 36.6 Å². The molecule has 5 heteroatoms. The molecule has 1 heterocycles. The molecule has 0 atom stereocenters. The monoisotopic (exact) mass is 238 g/mol. The van der Waals surface area contributed by atoms with Gasteiger partial charge in [-0.2, -0.15) is 0 Å². The maximum Gasteiger partial charge on any atom is 0.137 e. The Morgan fingerprint density at radius 2 is 2.00 bits per heavy atom. The number of rotatable bonds is 6. The van der Waals surface area contributed by atoms with Gasteiger partial charge in [0.2, 0.25) is 0 Å². The summed E-state index contributed by atoms with van der Waals surface area (Å²) in [6, 6.07) is 0. The maximum atomic E-state index is 9.05. The van der Waals surface area contributed by atoms with Crippen LogP contribution in [0.4, 0.5) is 11.6 Å². The molecule has 0 saturated heterocycles. The molecule has 1 rings (SSSR count). The Balaban J connectivity index is 3.10. The summed E-state index contributed by atoms with van der Waals surface area (Å²) in [6.07, 6.45) is 1.82. The standard InChI is InChI=1S/C12H22N4O/c1-4-6-10-14-11(13)9(3)12(15-10)16(5-2)7-8-17/h17H,4-8H2,1-3H3,(H2,13,14,15). The number of aryl methyl sites for hydroxylation is 1. The summed E-state index contributed by atoms with van der Waals surface area (Å²) in [5, 5.41) is 9.05. The molecule has 0 aromatic carbocycles. The molecule has 0 aliphatic heterocycles. The van der Waals surface area contributed by atoms with Gasteiger partial charge < -0.3 is 15.7 Å². The summed E-state index contributed by atoms with van der Waals surface area (Å²) in [5.74, 6) is 2.16. The molecule has 0 saturated carbocycles.